The number of halogens is 2. The second-order valence-electron chi connectivity index (χ2n) is 4.35. The molecule has 21 heavy (non-hydrogen) atoms. The molecule has 112 valence electrons. The Morgan fingerprint density at radius 3 is 2.38 bits per heavy atom. The standard InChI is InChI=1S/C14H13BrClNO3S/c15-13-9-11(16)3-6-14(13)17-21(19,20)12-4-1-10(2-5-12)7-8-18/h1-6,9,17-18H,7-8H2. The highest BCUT2D eigenvalue weighted by Gasteiger charge is 2.15. The van der Waals surface area contributed by atoms with Crippen LogP contribution >= 0.6 is 27.5 Å². The van der Waals surface area contributed by atoms with Gasteiger partial charge in [0, 0.05) is 16.1 Å². The van der Waals surface area contributed by atoms with Crippen molar-refractivity contribution in [1.29, 1.82) is 0 Å². The molecule has 0 aliphatic heterocycles. The molecule has 0 bridgehead atoms. The molecule has 0 fully saturated rings. The Morgan fingerprint density at radius 1 is 1.14 bits per heavy atom. The molecule has 2 aromatic carbocycles. The van der Waals surface area contributed by atoms with Crippen LogP contribution in [0.25, 0.3) is 0 Å². The molecule has 0 aliphatic rings. The summed E-state index contributed by atoms with van der Waals surface area (Å²) in [5.41, 5.74) is 1.29. The van der Waals surface area contributed by atoms with E-state index in [1.54, 1.807) is 30.3 Å². The van der Waals surface area contributed by atoms with Gasteiger partial charge in [0.1, 0.15) is 0 Å². The van der Waals surface area contributed by atoms with Crippen molar-refractivity contribution in [2.24, 2.45) is 0 Å². The summed E-state index contributed by atoms with van der Waals surface area (Å²) in [6.45, 7) is 0.0298. The lowest BCUT2D eigenvalue weighted by Gasteiger charge is -2.10. The van der Waals surface area contributed by atoms with Gasteiger partial charge in [0.15, 0.2) is 0 Å². The van der Waals surface area contributed by atoms with Gasteiger partial charge in [-0.1, -0.05) is 23.7 Å². The minimum Gasteiger partial charge on any atom is -0.396 e. The maximum absolute atomic E-state index is 12.3. The molecule has 7 heteroatoms. The van der Waals surface area contributed by atoms with Crippen LogP contribution in [0.2, 0.25) is 5.02 Å². The Morgan fingerprint density at radius 2 is 1.81 bits per heavy atom. The first-order valence-electron chi connectivity index (χ1n) is 6.10. The number of anilines is 1. The molecule has 0 saturated heterocycles. The van der Waals surface area contributed by atoms with E-state index in [9.17, 15) is 8.42 Å². The van der Waals surface area contributed by atoms with E-state index in [4.69, 9.17) is 16.7 Å². The summed E-state index contributed by atoms with van der Waals surface area (Å²) >= 11 is 9.09. The zero-order valence-corrected chi connectivity index (χ0v) is 14.0. The van der Waals surface area contributed by atoms with Crippen LogP contribution in [0.4, 0.5) is 5.69 Å². The minimum absolute atomic E-state index is 0.0298. The smallest absolute Gasteiger partial charge is 0.261 e. The second kappa shape index (κ2) is 6.79. The van der Waals surface area contributed by atoms with Crippen LogP contribution in [0.3, 0.4) is 0 Å². The normalized spacial score (nSPS) is 11.4. The van der Waals surface area contributed by atoms with Gasteiger partial charge in [0.05, 0.1) is 10.6 Å². The monoisotopic (exact) mass is 389 g/mol. The van der Waals surface area contributed by atoms with Crippen molar-refractivity contribution in [2.45, 2.75) is 11.3 Å². The van der Waals surface area contributed by atoms with Crippen molar-refractivity contribution >= 4 is 43.2 Å². The van der Waals surface area contributed by atoms with Crippen molar-refractivity contribution in [3.8, 4) is 0 Å². The first-order valence-corrected chi connectivity index (χ1v) is 8.75. The Labute approximate surface area is 136 Å². The summed E-state index contributed by atoms with van der Waals surface area (Å²) in [7, 11) is -3.67. The third-order valence-electron chi connectivity index (χ3n) is 2.81. The van der Waals surface area contributed by atoms with E-state index in [0.29, 0.717) is 21.6 Å². The van der Waals surface area contributed by atoms with Gasteiger partial charge in [-0.15, -0.1) is 0 Å². The molecule has 0 aliphatic carbocycles. The van der Waals surface area contributed by atoms with E-state index >= 15 is 0 Å². The molecule has 0 radical (unpaired) electrons. The highest BCUT2D eigenvalue weighted by atomic mass is 79.9. The number of rotatable bonds is 5. The first-order chi connectivity index (χ1) is 9.92. The van der Waals surface area contributed by atoms with Crippen LogP contribution in [0.15, 0.2) is 51.8 Å². The molecule has 2 rings (SSSR count). The van der Waals surface area contributed by atoms with Gasteiger partial charge in [0.2, 0.25) is 0 Å². The van der Waals surface area contributed by atoms with E-state index in [-0.39, 0.29) is 11.5 Å². The number of aliphatic hydroxyl groups excluding tert-OH is 1. The summed E-state index contributed by atoms with van der Waals surface area (Å²) in [6, 6.07) is 11.2. The lowest BCUT2D eigenvalue weighted by molar-refractivity contribution is 0.299. The van der Waals surface area contributed by atoms with Crippen LogP contribution in [-0.4, -0.2) is 20.1 Å². The Kier molecular flexibility index (Phi) is 5.27. The maximum atomic E-state index is 12.3. The fourth-order valence-corrected chi connectivity index (χ4v) is 3.73. The van der Waals surface area contributed by atoms with Crippen molar-refractivity contribution in [3.05, 3.63) is 57.5 Å². The van der Waals surface area contributed by atoms with Gasteiger partial charge in [-0.25, -0.2) is 8.42 Å². The first kappa shape index (κ1) is 16.3. The van der Waals surface area contributed by atoms with Crippen LogP contribution in [0, 0.1) is 0 Å². The Bertz CT molecular complexity index is 732. The van der Waals surface area contributed by atoms with Gasteiger partial charge in [-0.2, -0.15) is 0 Å². The Hall–Kier alpha value is -1.08. The second-order valence-corrected chi connectivity index (χ2v) is 7.32. The van der Waals surface area contributed by atoms with Crippen LogP contribution in [0.5, 0.6) is 0 Å². The number of benzene rings is 2. The predicted octanol–water partition coefficient (Wildman–Crippen LogP) is 3.44. The molecule has 2 N–H and O–H groups in total. The lowest BCUT2D eigenvalue weighted by Crippen LogP contribution is -2.13. The average molecular weight is 391 g/mol. The SMILES string of the molecule is O=S(=O)(Nc1ccc(Cl)cc1Br)c1ccc(CCO)cc1. The molecule has 0 saturated carbocycles. The van der Waals surface area contributed by atoms with E-state index in [1.807, 2.05) is 0 Å². The van der Waals surface area contributed by atoms with Gasteiger partial charge >= 0.3 is 0 Å². The largest absolute Gasteiger partial charge is 0.396 e. The van der Waals surface area contributed by atoms with E-state index < -0.39 is 10.0 Å². The summed E-state index contributed by atoms with van der Waals surface area (Å²) in [6.07, 6.45) is 0.497. The summed E-state index contributed by atoms with van der Waals surface area (Å²) in [5.74, 6) is 0. The van der Waals surface area contributed by atoms with Crippen LogP contribution in [0.1, 0.15) is 5.56 Å². The number of sulfonamides is 1. The van der Waals surface area contributed by atoms with Crippen LogP contribution < -0.4 is 4.72 Å². The maximum Gasteiger partial charge on any atom is 0.261 e. The van der Waals surface area contributed by atoms with E-state index in [2.05, 4.69) is 20.7 Å². The van der Waals surface area contributed by atoms with Crippen molar-refractivity contribution < 1.29 is 13.5 Å². The number of hydrogen-bond acceptors (Lipinski definition) is 3. The quantitative estimate of drug-likeness (QED) is 0.822. The molecular formula is C14H13BrClNO3S. The van der Waals surface area contributed by atoms with Crippen LogP contribution in [-0.2, 0) is 16.4 Å². The molecule has 0 aromatic heterocycles. The zero-order chi connectivity index (χ0) is 15.5. The van der Waals surface area contributed by atoms with Gasteiger partial charge in [-0.3, -0.25) is 4.72 Å². The van der Waals surface area contributed by atoms with Crippen molar-refractivity contribution in [3.63, 3.8) is 0 Å². The fourth-order valence-electron chi connectivity index (χ4n) is 1.74. The summed E-state index contributed by atoms with van der Waals surface area (Å²) in [5, 5.41) is 9.36. The fraction of sp³-hybridized carbons (Fsp3) is 0.143. The predicted molar refractivity (Wildman–Crippen MR) is 87.2 cm³/mol. The topological polar surface area (TPSA) is 66.4 Å². The highest BCUT2D eigenvalue weighted by Crippen LogP contribution is 2.28. The van der Waals surface area contributed by atoms with Crippen molar-refractivity contribution in [1.82, 2.24) is 0 Å². The molecule has 0 unspecified atom stereocenters. The minimum atomic E-state index is -3.67. The third kappa shape index (κ3) is 4.20. The Balaban J connectivity index is 2.25. The summed E-state index contributed by atoms with van der Waals surface area (Å²) < 4.78 is 27.7. The molecule has 0 amide bonds. The molecular weight excluding hydrogens is 378 g/mol. The highest BCUT2D eigenvalue weighted by molar-refractivity contribution is 9.10. The van der Waals surface area contributed by atoms with Gasteiger partial charge < -0.3 is 5.11 Å². The lowest BCUT2D eigenvalue weighted by atomic mass is 10.2. The molecule has 2 aromatic rings. The van der Waals surface area contributed by atoms with Crippen molar-refractivity contribution in [2.75, 3.05) is 11.3 Å². The van der Waals surface area contributed by atoms with Gasteiger partial charge in [-0.05, 0) is 58.2 Å². The molecule has 0 heterocycles. The number of nitrogens with one attached hydrogen (secondary N) is 1. The van der Waals surface area contributed by atoms with E-state index in [0.717, 1.165) is 5.56 Å². The summed E-state index contributed by atoms with van der Waals surface area (Å²) in [4.78, 5) is 0.158. The van der Waals surface area contributed by atoms with E-state index in [1.165, 1.54) is 12.1 Å². The van der Waals surface area contributed by atoms with Gasteiger partial charge in [0.25, 0.3) is 10.0 Å². The molecule has 0 atom stereocenters. The molecule has 0 spiro atoms. The average Bonchev–Trinajstić information content (AvgIpc) is 2.43. The number of aliphatic hydroxyl groups is 1. The molecule has 4 nitrogen and oxygen atoms in total. The third-order valence-corrected chi connectivity index (χ3v) is 5.08. The number of hydrogen-bond donors (Lipinski definition) is 2. The zero-order valence-electron chi connectivity index (χ0n) is 10.9.